The summed E-state index contributed by atoms with van der Waals surface area (Å²) in [5, 5.41) is 4.20. The summed E-state index contributed by atoms with van der Waals surface area (Å²) in [7, 11) is 1.80. The molecule has 0 unspecified atom stereocenters. The summed E-state index contributed by atoms with van der Waals surface area (Å²) in [6, 6.07) is 9.91. The van der Waals surface area contributed by atoms with Gasteiger partial charge in [-0.15, -0.1) is 0 Å². The number of amides is 1. The van der Waals surface area contributed by atoms with Gasteiger partial charge in [-0.2, -0.15) is 5.10 Å². The standard InChI is InChI=1S/C19H25N3O3/c1-21(19(23)15-24-14-18-5-2-3-12-25-18)13-16-6-8-17(9-7-16)22-11-4-10-20-22/h4,6-11,18H,2-3,5,12-15H2,1H3/t18-/m1/s1. The topological polar surface area (TPSA) is 56.6 Å². The van der Waals surface area contributed by atoms with Crippen LogP contribution < -0.4 is 0 Å². The van der Waals surface area contributed by atoms with Crippen LogP contribution in [0.5, 0.6) is 0 Å². The normalized spacial score (nSPS) is 17.4. The molecule has 134 valence electrons. The fourth-order valence-electron chi connectivity index (χ4n) is 2.86. The first-order valence-corrected chi connectivity index (χ1v) is 8.74. The van der Waals surface area contributed by atoms with Crippen molar-refractivity contribution in [1.29, 1.82) is 0 Å². The first-order chi connectivity index (χ1) is 12.2. The Morgan fingerprint density at radius 2 is 2.20 bits per heavy atom. The molecule has 3 rings (SSSR count). The van der Waals surface area contributed by atoms with Gasteiger partial charge < -0.3 is 14.4 Å². The summed E-state index contributed by atoms with van der Waals surface area (Å²) in [5.41, 5.74) is 2.07. The molecule has 6 nitrogen and oxygen atoms in total. The van der Waals surface area contributed by atoms with Crippen molar-refractivity contribution in [2.45, 2.75) is 31.9 Å². The second kappa shape index (κ2) is 8.78. The van der Waals surface area contributed by atoms with Crippen molar-refractivity contribution in [2.75, 3.05) is 26.9 Å². The molecule has 0 radical (unpaired) electrons. The summed E-state index contributed by atoms with van der Waals surface area (Å²) in [5.74, 6) is -0.0213. The van der Waals surface area contributed by atoms with Gasteiger partial charge in [0.25, 0.3) is 0 Å². The number of carbonyl (C=O) groups is 1. The number of aromatic nitrogens is 2. The molecule has 0 bridgehead atoms. The predicted molar refractivity (Wildman–Crippen MR) is 94.4 cm³/mol. The van der Waals surface area contributed by atoms with Crippen molar-refractivity contribution in [3.8, 4) is 5.69 Å². The smallest absolute Gasteiger partial charge is 0.248 e. The van der Waals surface area contributed by atoms with Crippen LogP contribution in [-0.4, -0.2) is 53.6 Å². The van der Waals surface area contributed by atoms with Gasteiger partial charge >= 0.3 is 0 Å². The second-order valence-corrected chi connectivity index (χ2v) is 6.37. The molecular weight excluding hydrogens is 318 g/mol. The Bertz CT molecular complexity index is 649. The van der Waals surface area contributed by atoms with Crippen LogP contribution in [0, 0.1) is 0 Å². The van der Waals surface area contributed by atoms with E-state index in [9.17, 15) is 4.79 Å². The highest BCUT2D eigenvalue weighted by molar-refractivity contribution is 5.77. The highest BCUT2D eigenvalue weighted by Crippen LogP contribution is 2.13. The zero-order chi connectivity index (χ0) is 17.5. The highest BCUT2D eigenvalue weighted by atomic mass is 16.5. The van der Waals surface area contributed by atoms with Gasteiger partial charge in [0.05, 0.1) is 18.4 Å². The Kier molecular flexibility index (Phi) is 6.19. The molecule has 1 aliphatic heterocycles. The van der Waals surface area contributed by atoms with Gasteiger partial charge in [0.2, 0.25) is 5.91 Å². The van der Waals surface area contributed by atoms with Crippen molar-refractivity contribution in [1.82, 2.24) is 14.7 Å². The van der Waals surface area contributed by atoms with Crippen LogP contribution in [-0.2, 0) is 20.8 Å². The van der Waals surface area contributed by atoms with E-state index in [1.54, 1.807) is 22.8 Å². The lowest BCUT2D eigenvalue weighted by molar-refractivity contribution is -0.137. The maximum absolute atomic E-state index is 12.2. The van der Waals surface area contributed by atoms with Gasteiger partial charge in [0, 0.05) is 32.6 Å². The van der Waals surface area contributed by atoms with E-state index >= 15 is 0 Å². The molecule has 0 saturated carbocycles. The number of ether oxygens (including phenoxy) is 2. The van der Waals surface area contributed by atoms with Crippen molar-refractivity contribution in [3.63, 3.8) is 0 Å². The molecule has 2 heterocycles. The molecule has 1 saturated heterocycles. The second-order valence-electron chi connectivity index (χ2n) is 6.37. The van der Waals surface area contributed by atoms with Crippen LogP contribution in [0.25, 0.3) is 5.69 Å². The minimum Gasteiger partial charge on any atom is -0.376 e. The van der Waals surface area contributed by atoms with Crippen molar-refractivity contribution >= 4 is 5.91 Å². The zero-order valence-electron chi connectivity index (χ0n) is 14.6. The third-order valence-corrected chi connectivity index (χ3v) is 4.35. The zero-order valence-corrected chi connectivity index (χ0v) is 14.6. The Balaban J connectivity index is 1.43. The molecule has 2 aromatic rings. The van der Waals surface area contributed by atoms with E-state index in [4.69, 9.17) is 9.47 Å². The summed E-state index contributed by atoms with van der Waals surface area (Å²) < 4.78 is 12.9. The largest absolute Gasteiger partial charge is 0.376 e. The van der Waals surface area contributed by atoms with Gasteiger partial charge in [0.15, 0.2) is 0 Å². The summed E-state index contributed by atoms with van der Waals surface area (Å²) in [6.07, 6.45) is 7.11. The van der Waals surface area contributed by atoms with Crippen LogP contribution in [0.1, 0.15) is 24.8 Å². The van der Waals surface area contributed by atoms with Crippen LogP contribution in [0.2, 0.25) is 0 Å². The number of hydrogen-bond donors (Lipinski definition) is 0. The van der Waals surface area contributed by atoms with Gasteiger partial charge in [-0.1, -0.05) is 12.1 Å². The lowest BCUT2D eigenvalue weighted by atomic mass is 10.1. The van der Waals surface area contributed by atoms with E-state index in [1.165, 1.54) is 6.42 Å². The van der Waals surface area contributed by atoms with E-state index < -0.39 is 0 Å². The predicted octanol–water partition coefficient (Wildman–Crippen LogP) is 2.42. The third-order valence-electron chi connectivity index (χ3n) is 4.35. The average molecular weight is 343 g/mol. The van der Waals surface area contributed by atoms with E-state index in [0.29, 0.717) is 13.2 Å². The van der Waals surface area contributed by atoms with Crippen LogP contribution in [0.3, 0.4) is 0 Å². The van der Waals surface area contributed by atoms with Crippen molar-refractivity contribution in [3.05, 3.63) is 48.3 Å². The van der Waals surface area contributed by atoms with Gasteiger partial charge in [-0.3, -0.25) is 4.79 Å². The number of hydrogen-bond acceptors (Lipinski definition) is 4. The van der Waals surface area contributed by atoms with Crippen LogP contribution in [0.4, 0.5) is 0 Å². The average Bonchev–Trinajstić information content (AvgIpc) is 3.18. The number of nitrogens with zero attached hydrogens (tertiary/aromatic N) is 3. The molecule has 1 amide bonds. The third kappa shape index (κ3) is 5.14. The molecule has 25 heavy (non-hydrogen) atoms. The maximum atomic E-state index is 12.2. The quantitative estimate of drug-likeness (QED) is 0.775. The molecule has 1 aromatic heterocycles. The number of benzene rings is 1. The summed E-state index contributed by atoms with van der Waals surface area (Å²) in [6.45, 7) is 1.96. The Morgan fingerprint density at radius 1 is 1.36 bits per heavy atom. The minimum atomic E-state index is -0.0213. The molecule has 6 heteroatoms. The summed E-state index contributed by atoms with van der Waals surface area (Å²) >= 11 is 0. The first-order valence-electron chi connectivity index (χ1n) is 8.74. The fourth-order valence-corrected chi connectivity index (χ4v) is 2.86. The van der Waals surface area contributed by atoms with E-state index in [0.717, 1.165) is 30.7 Å². The first kappa shape index (κ1) is 17.6. The molecule has 1 aliphatic rings. The lowest BCUT2D eigenvalue weighted by Crippen LogP contribution is -2.32. The maximum Gasteiger partial charge on any atom is 0.248 e. The number of rotatable bonds is 7. The monoisotopic (exact) mass is 343 g/mol. The van der Waals surface area contributed by atoms with Crippen molar-refractivity contribution < 1.29 is 14.3 Å². The Morgan fingerprint density at radius 3 is 2.88 bits per heavy atom. The van der Waals surface area contributed by atoms with Gasteiger partial charge in [0.1, 0.15) is 6.61 Å². The highest BCUT2D eigenvalue weighted by Gasteiger charge is 2.15. The molecule has 0 aliphatic carbocycles. The van der Waals surface area contributed by atoms with E-state index in [2.05, 4.69) is 5.10 Å². The van der Waals surface area contributed by atoms with Gasteiger partial charge in [-0.05, 0) is 43.0 Å². The molecule has 1 fully saturated rings. The van der Waals surface area contributed by atoms with Gasteiger partial charge in [-0.25, -0.2) is 4.68 Å². The summed E-state index contributed by atoms with van der Waals surface area (Å²) in [4.78, 5) is 13.9. The molecule has 0 spiro atoms. The van der Waals surface area contributed by atoms with E-state index in [1.807, 2.05) is 36.5 Å². The number of likely N-dealkylation sites (N-methyl/N-ethyl adjacent to an activating group) is 1. The van der Waals surface area contributed by atoms with Crippen LogP contribution in [0.15, 0.2) is 42.7 Å². The fraction of sp³-hybridized carbons (Fsp3) is 0.474. The number of carbonyl (C=O) groups excluding carboxylic acids is 1. The van der Waals surface area contributed by atoms with Crippen LogP contribution >= 0.6 is 0 Å². The Labute approximate surface area is 148 Å². The van der Waals surface area contributed by atoms with E-state index in [-0.39, 0.29) is 18.6 Å². The molecular formula is C19H25N3O3. The lowest BCUT2D eigenvalue weighted by Gasteiger charge is -2.23. The molecule has 1 atom stereocenters. The minimum absolute atomic E-state index is 0.0213. The van der Waals surface area contributed by atoms with Crippen molar-refractivity contribution in [2.24, 2.45) is 0 Å². The molecule has 1 aromatic carbocycles. The Hall–Kier alpha value is -2.18. The SMILES string of the molecule is CN(Cc1ccc(-n2cccn2)cc1)C(=O)COC[C@H]1CCCCO1. The molecule has 0 N–H and O–H groups in total.